The third-order valence-electron chi connectivity index (χ3n) is 12.9. The summed E-state index contributed by atoms with van der Waals surface area (Å²) in [7, 11) is 2.45. The zero-order valence-corrected chi connectivity index (χ0v) is 41.9. The largest absolute Gasteiger partial charge is 0.496 e. The number of aliphatic imine (C=N–C) groups is 1. The molecule has 2 heterocycles. The molecule has 0 bridgehead atoms. The van der Waals surface area contributed by atoms with Gasteiger partial charge in [0.1, 0.15) is 5.75 Å². The topological polar surface area (TPSA) is 26.5 Å². The monoisotopic (exact) mass is 864 g/mol. The lowest BCUT2D eigenvalue weighted by molar-refractivity contribution is 0.411. The molecule has 7 rings (SSSR count). The molecule has 65 heavy (non-hydrogen) atoms. The Hall–Kier alpha value is -5.68. The fourth-order valence-electron chi connectivity index (χ4n) is 8.61. The Morgan fingerprint density at radius 3 is 1.31 bits per heavy atom. The zero-order valence-electron chi connectivity index (χ0n) is 41.9. The highest BCUT2D eigenvalue weighted by Crippen LogP contribution is 2.48. The first-order valence-electron chi connectivity index (χ1n) is 23.2. The average Bonchev–Trinajstić information content (AvgIpc) is 3.85. The van der Waals surface area contributed by atoms with E-state index in [9.17, 15) is 0 Å². The molecule has 5 aromatic carbocycles. The number of hydrogen-bond donors (Lipinski definition) is 0. The van der Waals surface area contributed by atoms with Crippen LogP contribution in [0.3, 0.4) is 0 Å². The molecule has 0 N–H and O–H groups in total. The van der Waals surface area contributed by atoms with Gasteiger partial charge in [0, 0.05) is 39.2 Å². The Balaban J connectivity index is 1.64. The number of allylic oxidation sites excluding steroid dienone is 2. The van der Waals surface area contributed by atoms with Crippen molar-refractivity contribution >= 4 is 24.5 Å². The molecule has 0 atom stereocenters. The van der Waals surface area contributed by atoms with E-state index >= 15 is 4.32 Å². The maximum absolute atomic E-state index is 16.5. The number of rotatable bonds is 8. The lowest BCUT2D eigenvalue weighted by Gasteiger charge is -2.24. The van der Waals surface area contributed by atoms with Crippen LogP contribution >= 0.6 is 0 Å². The molecule has 6 aromatic rings. The fraction of sp³-hybridized carbons (Fsp3) is 0.350. The maximum atomic E-state index is 16.5. The minimum atomic E-state index is -0.143. The molecule has 0 aliphatic carbocycles. The molecule has 0 fully saturated rings. The Bertz CT molecular complexity index is 2780. The number of nitrogens with zero attached hydrogens (tertiary/aromatic N) is 2. The smallest absolute Gasteiger partial charge is 0.495 e. The van der Waals surface area contributed by atoms with E-state index < -0.39 is 0 Å². The van der Waals surface area contributed by atoms with Crippen LogP contribution in [-0.4, -0.2) is 25.0 Å². The first kappa shape index (κ1) is 47.3. The normalized spacial score (nSPS) is 14.6. The minimum absolute atomic E-state index is 0.000347. The van der Waals surface area contributed by atoms with Gasteiger partial charge in [-0.15, -0.1) is 0 Å². The number of benzene rings is 5. The number of aromatic nitrogens is 1. The molecular formula is C60H69BFN2O. The molecule has 0 saturated heterocycles. The van der Waals surface area contributed by atoms with Crippen molar-refractivity contribution in [2.75, 3.05) is 7.11 Å². The Morgan fingerprint density at radius 2 is 0.892 bits per heavy atom. The van der Waals surface area contributed by atoms with Crippen LogP contribution in [0.2, 0.25) is 0 Å². The molecule has 1 aromatic heterocycles. The van der Waals surface area contributed by atoms with Crippen molar-refractivity contribution in [3.63, 3.8) is 0 Å². The van der Waals surface area contributed by atoms with Crippen LogP contribution in [0.5, 0.6) is 5.75 Å². The SMILES string of the molecule is COc1cc(C(C)(C)C)ccc1/C(=C1/N=C(c2ccc(C(C)(C)C)cc2)C=C1c1ccc(C(C)(C)C)cc1)c1c(-c2ccc(C(C)(C)C)cc2)cc(-c2ccc(C(C)(C)C)cc2)n1[B]F. The summed E-state index contributed by atoms with van der Waals surface area (Å²) in [5.41, 5.74) is 16.2. The summed E-state index contributed by atoms with van der Waals surface area (Å²) in [6, 6.07) is 43.6. The second kappa shape index (κ2) is 17.3. The quantitative estimate of drug-likeness (QED) is 0.140. The van der Waals surface area contributed by atoms with E-state index in [1.54, 1.807) is 11.6 Å². The Labute approximate surface area is 390 Å². The number of hydrogen-bond acceptors (Lipinski definition) is 2. The predicted octanol–water partition coefficient (Wildman–Crippen LogP) is 16.0. The van der Waals surface area contributed by atoms with Crippen molar-refractivity contribution in [2.24, 2.45) is 4.99 Å². The molecule has 0 amide bonds. The van der Waals surface area contributed by atoms with Gasteiger partial charge in [0.2, 0.25) is 0 Å². The lowest BCUT2D eigenvalue weighted by Crippen LogP contribution is -2.13. The summed E-state index contributed by atoms with van der Waals surface area (Å²) in [5.74, 6) is 0.692. The molecule has 1 aliphatic rings. The van der Waals surface area contributed by atoms with Crippen LogP contribution in [0.25, 0.3) is 33.5 Å². The van der Waals surface area contributed by atoms with Crippen molar-refractivity contribution in [2.45, 2.75) is 131 Å². The summed E-state index contributed by atoms with van der Waals surface area (Å²) in [6.07, 6.45) is 2.21. The molecule has 5 heteroatoms. The zero-order chi connectivity index (χ0) is 47.4. The van der Waals surface area contributed by atoms with Gasteiger partial charge in [-0.2, -0.15) is 0 Å². The summed E-state index contributed by atoms with van der Waals surface area (Å²) in [6.45, 7) is 33.4. The lowest BCUT2D eigenvalue weighted by atomic mass is 9.83. The van der Waals surface area contributed by atoms with E-state index in [2.05, 4.69) is 231 Å². The van der Waals surface area contributed by atoms with Crippen LogP contribution in [-0.2, 0) is 27.1 Å². The van der Waals surface area contributed by atoms with E-state index in [1.807, 2.05) is 0 Å². The Kier molecular flexibility index (Phi) is 12.6. The highest BCUT2D eigenvalue weighted by molar-refractivity contribution is 6.28. The fourth-order valence-corrected chi connectivity index (χ4v) is 8.61. The number of halogens is 1. The van der Waals surface area contributed by atoms with Gasteiger partial charge < -0.3 is 13.5 Å². The van der Waals surface area contributed by atoms with Crippen LogP contribution < -0.4 is 4.74 Å². The minimum Gasteiger partial charge on any atom is -0.496 e. The maximum Gasteiger partial charge on any atom is 0.495 e. The second-order valence-electron chi connectivity index (χ2n) is 23.0. The molecule has 1 aliphatic heterocycles. The van der Waals surface area contributed by atoms with Crippen molar-refractivity contribution < 1.29 is 9.05 Å². The Morgan fingerprint density at radius 1 is 0.492 bits per heavy atom. The molecule has 1 radical (unpaired) electrons. The van der Waals surface area contributed by atoms with E-state index in [0.29, 0.717) is 11.4 Å². The first-order valence-corrected chi connectivity index (χ1v) is 23.2. The van der Waals surface area contributed by atoms with E-state index in [4.69, 9.17) is 9.73 Å². The third kappa shape index (κ3) is 9.81. The number of methoxy groups -OCH3 is 1. The van der Waals surface area contributed by atoms with E-state index in [0.717, 1.165) is 74.9 Å². The molecule has 0 saturated carbocycles. The van der Waals surface area contributed by atoms with Crippen molar-refractivity contribution in [3.8, 4) is 28.1 Å². The first-order chi connectivity index (χ1) is 30.3. The summed E-state index contributed by atoms with van der Waals surface area (Å²) in [5, 5.41) is 0. The molecule has 335 valence electrons. The van der Waals surface area contributed by atoms with Gasteiger partial charge in [0.15, 0.2) is 0 Å². The highest BCUT2D eigenvalue weighted by Gasteiger charge is 2.32. The highest BCUT2D eigenvalue weighted by atomic mass is 19.1. The summed E-state index contributed by atoms with van der Waals surface area (Å²) >= 11 is 0. The van der Waals surface area contributed by atoms with Gasteiger partial charge in [-0.05, 0) is 89.8 Å². The van der Waals surface area contributed by atoms with Crippen LogP contribution in [0.15, 0.2) is 138 Å². The molecule has 0 unspecified atom stereocenters. The van der Waals surface area contributed by atoms with Crippen molar-refractivity contribution in [1.82, 2.24) is 4.48 Å². The predicted molar refractivity (Wildman–Crippen MR) is 277 cm³/mol. The van der Waals surface area contributed by atoms with Gasteiger partial charge >= 0.3 is 7.69 Å². The van der Waals surface area contributed by atoms with Gasteiger partial charge in [-0.3, -0.25) is 0 Å². The summed E-state index contributed by atoms with van der Waals surface area (Å²) in [4.78, 5) is 5.65. The van der Waals surface area contributed by atoms with Crippen LogP contribution in [0.1, 0.15) is 154 Å². The van der Waals surface area contributed by atoms with Gasteiger partial charge in [0.05, 0.1) is 18.5 Å². The molecular weight excluding hydrogens is 794 g/mol. The van der Waals surface area contributed by atoms with Crippen LogP contribution in [0, 0.1) is 0 Å². The van der Waals surface area contributed by atoms with Gasteiger partial charge in [-0.1, -0.05) is 213 Å². The molecule has 3 nitrogen and oxygen atoms in total. The van der Waals surface area contributed by atoms with E-state index in [-0.39, 0.29) is 27.1 Å². The average molecular weight is 864 g/mol. The van der Waals surface area contributed by atoms with E-state index in [1.165, 1.54) is 22.3 Å². The summed E-state index contributed by atoms with van der Waals surface area (Å²) < 4.78 is 24.6. The number of ether oxygens (including phenoxy) is 1. The standard InChI is InChI=1S/C60H69BFN2O/c1-56(2,3)42-25-17-38(18-26-42)48-36-50(40-21-29-44(30-22-40)58(7,8)9)63-54(48)53(47-34-33-46(60(13,14)15)35-52(47)65-16)55-49(39-19-27-43(28-20-39)57(4,5)6)37-51(64(55)61-62)41-23-31-45(32-24-41)59(10,11)12/h17-37H,1-16H3/b54-53-. The van der Waals surface area contributed by atoms with Gasteiger partial charge in [-0.25, -0.2) is 4.99 Å². The van der Waals surface area contributed by atoms with Crippen molar-refractivity contribution in [1.29, 1.82) is 0 Å². The van der Waals surface area contributed by atoms with Crippen molar-refractivity contribution in [3.05, 3.63) is 183 Å². The second-order valence-corrected chi connectivity index (χ2v) is 23.0. The molecule has 0 spiro atoms. The van der Waals surface area contributed by atoms with Gasteiger partial charge in [0.25, 0.3) is 0 Å². The third-order valence-corrected chi connectivity index (χ3v) is 12.9. The van der Waals surface area contributed by atoms with Crippen LogP contribution in [0.4, 0.5) is 4.32 Å².